The highest BCUT2D eigenvalue weighted by atomic mass is 16.3. The Bertz CT molecular complexity index is 1960. The summed E-state index contributed by atoms with van der Waals surface area (Å²) in [5.41, 5.74) is 12.6. The van der Waals surface area contributed by atoms with Gasteiger partial charge in [0.1, 0.15) is 22.8 Å². The summed E-state index contributed by atoms with van der Waals surface area (Å²) < 4.78 is 0. The standard InChI is InChI=1S/C34H35N7O7/c1-40(2)14-22(43)39-19-10-6-17(7-11-19)5-8-18-9-12-21(42)23-20(18)13-32(37)15-34(38)28(41(3)4)27(45)24(31(36)48)29(46)33(34,16-35)30(47)25(32)26(23)44/h6-7,9-12,28,42,44,46H,13-15,37-38H2,1-4H3,(H2,36,48)(H,39,43)/t28-,32-,33+,34-/m1/s1. The molecular weight excluding hydrogens is 618 g/mol. The molecule has 0 spiro atoms. The maximum atomic E-state index is 14.5. The molecule has 5 rings (SSSR count). The predicted molar refractivity (Wildman–Crippen MR) is 174 cm³/mol. The number of amides is 2. The van der Waals surface area contributed by atoms with Crippen LogP contribution < -0.4 is 22.5 Å². The highest BCUT2D eigenvalue weighted by Gasteiger charge is 2.74. The van der Waals surface area contributed by atoms with Crippen LogP contribution in [0.25, 0.3) is 5.76 Å². The zero-order valence-corrected chi connectivity index (χ0v) is 26.7. The van der Waals surface area contributed by atoms with Gasteiger partial charge >= 0.3 is 0 Å². The lowest BCUT2D eigenvalue weighted by Crippen LogP contribution is -2.80. The van der Waals surface area contributed by atoms with Crippen molar-refractivity contribution in [3.05, 3.63) is 75.6 Å². The summed E-state index contributed by atoms with van der Waals surface area (Å²) in [5, 5.41) is 47.1. The first-order chi connectivity index (χ1) is 22.4. The van der Waals surface area contributed by atoms with E-state index < -0.39 is 74.8 Å². The van der Waals surface area contributed by atoms with E-state index >= 15 is 0 Å². The van der Waals surface area contributed by atoms with E-state index in [0.717, 1.165) is 0 Å². The van der Waals surface area contributed by atoms with Crippen molar-refractivity contribution in [2.75, 3.05) is 40.1 Å². The van der Waals surface area contributed by atoms with Gasteiger partial charge in [0.2, 0.25) is 5.91 Å². The molecule has 0 aliphatic heterocycles. The minimum atomic E-state index is -2.74. The van der Waals surface area contributed by atoms with Gasteiger partial charge in [0.25, 0.3) is 5.91 Å². The Morgan fingerprint density at radius 1 is 1.02 bits per heavy atom. The first kappa shape index (κ1) is 33.8. The summed E-state index contributed by atoms with van der Waals surface area (Å²) in [6.45, 7) is 0.214. The molecule has 3 aliphatic carbocycles. The molecule has 3 aliphatic rings. The number of primary amides is 1. The molecule has 14 heteroatoms. The molecule has 1 fully saturated rings. The molecule has 10 N–H and O–H groups in total. The van der Waals surface area contributed by atoms with Crippen LogP contribution >= 0.6 is 0 Å². The van der Waals surface area contributed by atoms with Crippen LogP contribution in [0.15, 0.2) is 53.3 Å². The second-order valence-electron chi connectivity index (χ2n) is 12.9. The number of ketones is 2. The van der Waals surface area contributed by atoms with Gasteiger partial charge in [-0.15, -0.1) is 0 Å². The molecule has 0 radical (unpaired) electrons. The maximum Gasteiger partial charge on any atom is 0.255 e. The van der Waals surface area contributed by atoms with Crippen molar-refractivity contribution in [2.45, 2.75) is 30.0 Å². The van der Waals surface area contributed by atoms with Crippen molar-refractivity contribution < 1.29 is 34.5 Å². The van der Waals surface area contributed by atoms with Crippen LogP contribution in [0.5, 0.6) is 5.75 Å². The first-order valence-corrected chi connectivity index (χ1v) is 14.8. The van der Waals surface area contributed by atoms with Gasteiger partial charge in [-0.1, -0.05) is 11.8 Å². The molecule has 0 unspecified atom stereocenters. The molecule has 48 heavy (non-hydrogen) atoms. The van der Waals surface area contributed by atoms with Gasteiger partial charge in [0, 0.05) is 16.8 Å². The maximum absolute atomic E-state index is 14.5. The average Bonchev–Trinajstić information content (AvgIpc) is 2.96. The van der Waals surface area contributed by atoms with Crippen molar-refractivity contribution in [1.82, 2.24) is 9.80 Å². The van der Waals surface area contributed by atoms with Crippen molar-refractivity contribution in [1.29, 1.82) is 5.26 Å². The fraction of sp³-hybridized carbons (Fsp3) is 0.324. The van der Waals surface area contributed by atoms with E-state index in [4.69, 9.17) is 17.2 Å². The lowest BCUT2D eigenvalue weighted by atomic mass is 9.47. The highest BCUT2D eigenvalue weighted by molar-refractivity contribution is 6.25. The smallest absolute Gasteiger partial charge is 0.255 e. The van der Waals surface area contributed by atoms with Gasteiger partial charge < -0.3 is 42.7 Å². The zero-order chi connectivity index (χ0) is 35.5. The second kappa shape index (κ2) is 11.6. The first-order valence-electron chi connectivity index (χ1n) is 14.8. The van der Waals surface area contributed by atoms with Gasteiger partial charge in [-0.2, -0.15) is 5.26 Å². The number of hydrogen-bond donors (Lipinski definition) is 7. The van der Waals surface area contributed by atoms with E-state index in [-0.39, 0.29) is 30.0 Å². The van der Waals surface area contributed by atoms with Crippen molar-refractivity contribution in [2.24, 2.45) is 22.6 Å². The molecule has 2 aromatic rings. The Morgan fingerprint density at radius 2 is 1.67 bits per heavy atom. The number of nitriles is 1. The van der Waals surface area contributed by atoms with Gasteiger partial charge in [-0.05, 0) is 83.0 Å². The fourth-order valence-electron chi connectivity index (χ4n) is 7.21. The van der Waals surface area contributed by atoms with Crippen LogP contribution in [0.1, 0.15) is 28.7 Å². The van der Waals surface area contributed by atoms with Crippen molar-refractivity contribution >= 4 is 34.8 Å². The molecule has 2 amide bonds. The zero-order valence-electron chi connectivity index (χ0n) is 26.7. The van der Waals surface area contributed by atoms with Crippen LogP contribution in [0, 0.1) is 28.6 Å². The van der Waals surface area contributed by atoms with Crippen molar-refractivity contribution in [3.8, 4) is 23.7 Å². The number of aliphatic hydroxyl groups excluding tert-OH is 2. The molecule has 0 bridgehead atoms. The lowest BCUT2D eigenvalue weighted by Gasteiger charge is -2.58. The summed E-state index contributed by atoms with van der Waals surface area (Å²) >= 11 is 0. The summed E-state index contributed by atoms with van der Waals surface area (Å²) in [7, 11) is 6.46. The molecule has 2 aromatic carbocycles. The second-order valence-corrected chi connectivity index (χ2v) is 12.9. The normalized spacial score (nSPS) is 26.3. The van der Waals surface area contributed by atoms with Crippen LogP contribution in [0.3, 0.4) is 0 Å². The van der Waals surface area contributed by atoms with Crippen LogP contribution in [0.4, 0.5) is 5.69 Å². The predicted octanol–water partition coefficient (Wildman–Crippen LogP) is -0.195. The summed E-state index contributed by atoms with van der Waals surface area (Å²) in [4.78, 5) is 55.5. The van der Waals surface area contributed by atoms with Crippen LogP contribution in [-0.2, 0) is 25.6 Å². The number of carbonyl (C=O) groups excluding carboxylic acids is 4. The largest absolute Gasteiger partial charge is 0.509 e. The van der Waals surface area contributed by atoms with Crippen molar-refractivity contribution in [3.63, 3.8) is 0 Å². The number of Topliss-reactive ketones (excluding diaryl/α,β-unsaturated/α-hetero) is 2. The van der Waals surface area contributed by atoms with E-state index in [1.165, 1.54) is 31.1 Å². The fourth-order valence-corrected chi connectivity index (χ4v) is 7.21. The van der Waals surface area contributed by atoms with E-state index in [9.17, 15) is 39.8 Å². The van der Waals surface area contributed by atoms with Gasteiger partial charge in [-0.25, -0.2) is 0 Å². The SMILES string of the molecule is CN(C)CC(=O)Nc1ccc(C#Cc2ccc(O)c3c2C[C@@]2(N)C[C@@]4(N)[C@H](N(C)C)C(=O)C(C(N)=O)=C(O)[C@@]4(C#N)C(=O)C2=C3O)cc1. The highest BCUT2D eigenvalue weighted by Crippen LogP contribution is 2.58. The number of nitrogens with two attached hydrogens (primary N) is 3. The molecule has 0 heterocycles. The number of nitrogens with one attached hydrogen (secondary N) is 1. The third-order valence-electron chi connectivity index (χ3n) is 9.10. The number of nitrogens with zero attached hydrogens (tertiary/aromatic N) is 3. The van der Waals surface area contributed by atoms with E-state index in [2.05, 4.69) is 17.2 Å². The number of rotatable bonds is 5. The van der Waals surface area contributed by atoms with Gasteiger partial charge in [0.15, 0.2) is 17.0 Å². The number of anilines is 1. The van der Waals surface area contributed by atoms with Crippen LogP contribution in [0.2, 0.25) is 0 Å². The number of fused-ring (bicyclic) bond motifs is 3. The summed E-state index contributed by atoms with van der Waals surface area (Å²) in [6.07, 6.45) is -0.711. The molecule has 0 aromatic heterocycles. The number of aromatic hydroxyl groups is 1. The number of phenols is 1. The number of benzene rings is 2. The van der Waals surface area contributed by atoms with E-state index in [0.29, 0.717) is 16.8 Å². The number of aliphatic hydroxyl groups is 2. The number of hydrogen-bond acceptors (Lipinski definition) is 12. The third kappa shape index (κ3) is 4.90. The molecule has 4 atom stereocenters. The molecule has 0 saturated heterocycles. The quantitative estimate of drug-likeness (QED) is 0.164. The Hall–Kier alpha value is -5.51. The van der Waals surface area contributed by atoms with Crippen LogP contribution in [-0.4, -0.2) is 100 Å². The Morgan fingerprint density at radius 3 is 2.23 bits per heavy atom. The monoisotopic (exact) mass is 653 g/mol. The molecule has 14 nitrogen and oxygen atoms in total. The third-order valence-corrected chi connectivity index (χ3v) is 9.10. The van der Waals surface area contributed by atoms with E-state index in [1.54, 1.807) is 49.3 Å². The Kier molecular flexibility index (Phi) is 8.20. The number of phenolic OH excluding ortho intramolecular Hbond substituents is 1. The van der Waals surface area contributed by atoms with E-state index in [1.807, 2.05) is 0 Å². The average molecular weight is 654 g/mol. The topological polar surface area (TPSA) is 249 Å². The Labute approximate surface area is 276 Å². The van der Waals surface area contributed by atoms with Gasteiger partial charge in [-0.3, -0.25) is 24.1 Å². The molecular formula is C34H35N7O7. The minimum Gasteiger partial charge on any atom is -0.509 e. The minimum absolute atomic E-state index is 0.155. The number of carbonyl (C=O) groups is 4. The molecule has 1 saturated carbocycles. The summed E-state index contributed by atoms with van der Waals surface area (Å²) in [5.74, 6) is -0.124. The lowest BCUT2D eigenvalue weighted by molar-refractivity contribution is -0.139. The van der Waals surface area contributed by atoms with Gasteiger partial charge in [0.05, 0.1) is 40.9 Å². The number of likely N-dealkylation sites (N-methyl/N-ethyl adjacent to an activating group) is 2. The Balaban J connectivity index is 1.64. The molecule has 248 valence electrons. The summed E-state index contributed by atoms with van der Waals surface area (Å²) in [6, 6.07) is 9.81.